The van der Waals surface area contributed by atoms with Crippen LogP contribution in [0.1, 0.15) is 32.3 Å². The molecule has 1 N–H and O–H groups in total. The van der Waals surface area contributed by atoms with Gasteiger partial charge in [-0.2, -0.15) is 0 Å². The summed E-state index contributed by atoms with van der Waals surface area (Å²) in [4.78, 5) is 8.88. The number of benzene rings is 1. The van der Waals surface area contributed by atoms with Gasteiger partial charge in [0.25, 0.3) is 0 Å². The van der Waals surface area contributed by atoms with Crippen LogP contribution >= 0.6 is 0 Å². The third kappa shape index (κ3) is 6.79. The largest absolute Gasteiger partial charge is 0.496 e. The molecule has 0 fully saturated rings. The molecule has 0 bridgehead atoms. The van der Waals surface area contributed by atoms with Crippen molar-refractivity contribution >= 4 is 5.96 Å². The van der Waals surface area contributed by atoms with E-state index in [-0.39, 0.29) is 0 Å². The maximum Gasteiger partial charge on any atom is 0.193 e. The third-order valence-electron chi connectivity index (χ3n) is 4.28. The molecule has 136 valence electrons. The van der Waals surface area contributed by atoms with Crippen molar-refractivity contribution in [1.29, 1.82) is 0 Å². The van der Waals surface area contributed by atoms with Gasteiger partial charge >= 0.3 is 0 Å². The second-order valence-electron chi connectivity index (χ2n) is 6.42. The van der Waals surface area contributed by atoms with Crippen molar-refractivity contribution in [2.24, 2.45) is 4.99 Å². The van der Waals surface area contributed by atoms with Crippen molar-refractivity contribution in [2.75, 3.05) is 41.3 Å². The van der Waals surface area contributed by atoms with Gasteiger partial charge in [0, 0.05) is 38.8 Å². The van der Waals surface area contributed by atoms with Crippen LogP contribution in [0.5, 0.6) is 5.75 Å². The smallest absolute Gasteiger partial charge is 0.193 e. The van der Waals surface area contributed by atoms with Crippen LogP contribution in [0.25, 0.3) is 0 Å². The molecule has 0 unspecified atom stereocenters. The molecule has 0 heterocycles. The highest BCUT2D eigenvalue weighted by molar-refractivity contribution is 5.79. The van der Waals surface area contributed by atoms with Gasteiger partial charge in [-0.15, -0.1) is 0 Å². The molecule has 0 aliphatic heterocycles. The molecule has 1 aromatic carbocycles. The predicted octanol–water partition coefficient (Wildman–Crippen LogP) is 2.82. The number of hydrogen-bond donors (Lipinski definition) is 1. The summed E-state index contributed by atoms with van der Waals surface area (Å²) in [6.45, 7) is 7.30. The fraction of sp³-hybridized carbons (Fsp3) is 0.632. The lowest BCUT2D eigenvalue weighted by Crippen LogP contribution is -2.39. The summed E-state index contributed by atoms with van der Waals surface area (Å²) in [5.74, 6) is 1.83. The van der Waals surface area contributed by atoms with Gasteiger partial charge in [0.15, 0.2) is 5.96 Å². The monoisotopic (exact) mass is 334 g/mol. The van der Waals surface area contributed by atoms with E-state index < -0.39 is 0 Å². The highest BCUT2D eigenvalue weighted by Crippen LogP contribution is 2.18. The normalized spacial score (nSPS) is 11.9. The number of para-hydroxylation sites is 1. The van der Waals surface area contributed by atoms with Crippen LogP contribution in [0, 0.1) is 0 Å². The summed E-state index contributed by atoms with van der Waals surface area (Å²) in [5.41, 5.74) is 1.16. The van der Waals surface area contributed by atoms with Gasteiger partial charge in [0.05, 0.1) is 7.11 Å². The van der Waals surface area contributed by atoms with Crippen molar-refractivity contribution in [3.8, 4) is 5.75 Å². The first kappa shape index (κ1) is 20.3. The van der Waals surface area contributed by atoms with Gasteiger partial charge in [0.2, 0.25) is 0 Å². The highest BCUT2D eigenvalue weighted by atomic mass is 16.5. The van der Waals surface area contributed by atoms with Gasteiger partial charge in [-0.05, 0) is 46.3 Å². The first-order valence-electron chi connectivity index (χ1n) is 8.73. The van der Waals surface area contributed by atoms with Crippen LogP contribution in [-0.2, 0) is 6.54 Å². The summed E-state index contributed by atoms with van der Waals surface area (Å²) in [6, 6.07) is 8.71. The maximum atomic E-state index is 5.42. The van der Waals surface area contributed by atoms with Gasteiger partial charge in [-0.3, -0.25) is 4.99 Å². The minimum absolute atomic E-state index is 0.609. The summed E-state index contributed by atoms with van der Waals surface area (Å²) >= 11 is 0. The molecule has 0 atom stereocenters. The lowest BCUT2D eigenvalue weighted by Gasteiger charge is -2.24. The maximum absolute atomic E-state index is 5.42. The molecule has 0 aliphatic carbocycles. The fourth-order valence-corrected chi connectivity index (χ4v) is 2.49. The van der Waals surface area contributed by atoms with E-state index in [1.54, 1.807) is 7.11 Å². The van der Waals surface area contributed by atoms with E-state index in [9.17, 15) is 0 Å². The highest BCUT2D eigenvalue weighted by Gasteiger charge is 2.09. The van der Waals surface area contributed by atoms with Gasteiger partial charge in [-0.1, -0.05) is 18.2 Å². The second kappa shape index (κ2) is 10.9. The number of nitrogens with zero attached hydrogens (tertiary/aromatic N) is 3. The van der Waals surface area contributed by atoms with Crippen LogP contribution in [0.15, 0.2) is 29.3 Å². The molecule has 0 spiro atoms. The Morgan fingerprint density at radius 2 is 1.92 bits per heavy atom. The van der Waals surface area contributed by atoms with Crippen molar-refractivity contribution in [3.05, 3.63) is 29.8 Å². The summed E-state index contributed by atoms with van der Waals surface area (Å²) in [6.07, 6.45) is 2.33. The Labute approximate surface area is 147 Å². The molecule has 24 heavy (non-hydrogen) atoms. The van der Waals surface area contributed by atoms with Crippen LogP contribution < -0.4 is 10.1 Å². The average Bonchev–Trinajstić information content (AvgIpc) is 2.58. The molecular formula is C19H34N4O. The molecular weight excluding hydrogens is 300 g/mol. The van der Waals surface area contributed by atoms with E-state index >= 15 is 0 Å². The van der Waals surface area contributed by atoms with E-state index in [0.29, 0.717) is 6.04 Å². The second-order valence-corrected chi connectivity index (χ2v) is 6.42. The zero-order valence-corrected chi connectivity index (χ0v) is 16.2. The minimum Gasteiger partial charge on any atom is -0.496 e. The molecule has 1 rings (SSSR count). The Balaban J connectivity index is 2.40. The molecule has 0 amide bonds. The first-order chi connectivity index (χ1) is 11.5. The number of methoxy groups -OCH3 is 1. The minimum atomic E-state index is 0.609. The van der Waals surface area contributed by atoms with Crippen LogP contribution in [0.4, 0.5) is 0 Å². The van der Waals surface area contributed by atoms with Crippen LogP contribution in [0.3, 0.4) is 0 Å². The lowest BCUT2D eigenvalue weighted by atomic mass is 10.2. The zero-order chi connectivity index (χ0) is 17.9. The van der Waals surface area contributed by atoms with E-state index in [1.165, 1.54) is 6.42 Å². The number of hydrogen-bond acceptors (Lipinski definition) is 3. The molecule has 0 aliphatic rings. The predicted molar refractivity (Wildman–Crippen MR) is 103 cm³/mol. The molecule has 1 aromatic rings. The average molecular weight is 335 g/mol. The molecule has 0 saturated heterocycles. The van der Waals surface area contributed by atoms with Crippen molar-refractivity contribution < 1.29 is 4.74 Å². The van der Waals surface area contributed by atoms with E-state index in [0.717, 1.165) is 43.3 Å². The SMILES string of the molecule is CN=C(NCCCCN(C)C(C)C)N(C)Cc1ccccc1OC. The van der Waals surface area contributed by atoms with Crippen LogP contribution in [0.2, 0.25) is 0 Å². The van der Waals surface area contributed by atoms with Crippen molar-refractivity contribution in [2.45, 2.75) is 39.3 Å². The number of aliphatic imine (C=N–C) groups is 1. The van der Waals surface area contributed by atoms with Crippen molar-refractivity contribution in [1.82, 2.24) is 15.1 Å². The van der Waals surface area contributed by atoms with Crippen molar-refractivity contribution in [3.63, 3.8) is 0 Å². The Hall–Kier alpha value is -1.75. The Bertz CT molecular complexity index is 502. The van der Waals surface area contributed by atoms with E-state index in [1.807, 2.05) is 32.3 Å². The molecule has 5 nitrogen and oxygen atoms in total. The lowest BCUT2D eigenvalue weighted by molar-refractivity contribution is 0.268. The summed E-state index contributed by atoms with van der Waals surface area (Å²) in [5, 5.41) is 3.45. The Kier molecular flexibility index (Phi) is 9.23. The standard InChI is InChI=1S/C19H34N4O/c1-16(2)22(4)14-10-9-13-21-19(20-3)23(5)15-17-11-7-8-12-18(17)24-6/h7-8,11-12,16H,9-10,13-15H2,1-6H3,(H,20,21). The van der Waals surface area contributed by atoms with Crippen LogP contribution in [-0.4, -0.2) is 63.1 Å². The molecule has 5 heteroatoms. The van der Waals surface area contributed by atoms with Gasteiger partial charge in [0.1, 0.15) is 5.75 Å². The van der Waals surface area contributed by atoms with E-state index in [4.69, 9.17) is 4.74 Å². The Morgan fingerprint density at radius 3 is 2.54 bits per heavy atom. The quantitative estimate of drug-likeness (QED) is 0.428. The topological polar surface area (TPSA) is 40.1 Å². The molecule has 0 aromatic heterocycles. The van der Waals surface area contributed by atoms with E-state index in [2.05, 4.69) is 47.1 Å². The fourth-order valence-electron chi connectivity index (χ4n) is 2.49. The number of nitrogens with one attached hydrogen (secondary N) is 1. The molecule has 0 radical (unpaired) electrons. The molecule has 0 saturated carbocycles. The zero-order valence-electron chi connectivity index (χ0n) is 16.2. The summed E-state index contributed by atoms with van der Waals surface area (Å²) < 4.78 is 5.42. The number of guanidine groups is 1. The number of unbranched alkanes of at least 4 members (excludes halogenated alkanes) is 1. The summed E-state index contributed by atoms with van der Waals surface area (Å²) in [7, 11) is 7.76. The Morgan fingerprint density at radius 1 is 1.21 bits per heavy atom. The van der Waals surface area contributed by atoms with Gasteiger partial charge in [-0.25, -0.2) is 0 Å². The number of ether oxygens (including phenoxy) is 1. The first-order valence-corrected chi connectivity index (χ1v) is 8.73. The number of rotatable bonds is 9. The third-order valence-corrected chi connectivity index (χ3v) is 4.28. The van der Waals surface area contributed by atoms with Gasteiger partial charge < -0.3 is 19.9 Å².